The maximum atomic E-state index is 13.5. The maximum Gasteiger partial charge on any atom is 0.511 e. The minimum absolute atomic E-state index is 0.0133. The molecular formula is C22H24F3NO7S. The van der Waals surface area contributed by atoms with E-state index in [1.807, 2.05) is 0 Å². The van der Waals surface area contributed by atoms with Crippen LogP contribution in [0.2, 0.25) is 0 Å². The Hall–Kier alpha value is -2.73. The molecule has 1 aliphatic heterocycles. The molecule has 1 fully saturated rings. The first-order valence-corrected chi connectivity index (χ1v) is 11.8. The third-order valence-corrected chi connectivity index (χ3v) is 8.36. The molecule has 0 spiro atoms. The van der Waals surface area contributed by atoms with Crippen molar-refractivity contribution in [3.05, 3.63) is 40.7 Å². The fourth-order valence-electron chi connectivity index (χ4n) is 5.33. The highest BCUT2D eigenvalue weighted by molar-refractivity contribution is 7.90. The van der Waals surface area contributed by atoms with E-state index in [9.17, 15) is 26.4 Å². The van der Waals surface area contributed by atoms with Gasteiger partial charge in [-0.05, 0) is 48.6 Å². The van der Waals surface area contributed by atoms with Gasteiger partial charge in [-0.3, -0.25) is 4.79 Å². The molecule has 0 aromatic heterocycles. The second-order valence-corrected chi connectivity index (χ2v) is 10.1. The number of hydrogen-bond acceptors (Lipinski definition) is 7. The van der Waals surface area contributed by atoms with Crippen LogP contribution in [0.4, 0.5) is 13.2 Å². The minimum atomic E-state index is -5.64. The Balaban J connectivity index is 2.04. The Kier molecular flexibility index (Phi) is 5.88. The summed E-state index contributed by atoms with van der Waals surface area (Å²) in [7, 11) is -0.00827. The van der Waals surface area contributed by atoms with E-state index in [1.54, 1.807) is 12.1 Å². The van der Waals surface area contributed by atoms with Crippen LogP contribution in [0.3, 0.4) is 0 Å². The molecule has 1 heterocycles. The highest BCUT2D eigenvalue weighted by atomic mass is 32.2. The van der Waals surface area contributed by atoms with Crippen molar-refractivity contribution >= 4 is 15.8 Å². The van der Waals surface area contributed by atoms with Gasteiger partial charge in [-0.15, -0.1) is 0 Å². The molecule has 0 amide bonds. The van der Waals surface area contributed by atoms with Gasteiger partial charge < -0.3 is 18.9 Å². The Labute approximate surface area is 195 Å². The van der Waals surface area contributed by atoms with Crippen LogP contribution in [0.5, 0.6) is 17.2 Å². The lowest BCUT2D eigenvalue weighted by Crippen LogP contribution is -2.55. The van der Waals surface area contributed by atoms with Gasteiger partial charge in [0.15, 0.2) is 17.3 Å². The molecule has 2 bridgehead atoms. The molecule has 3 aliphatic rings. The highest BCUT2D eigenvalue weighted by Gasteiger charge is 2.59. The van der Waals surface area contributed by atoms with E-state index < -0.39 is 39.3 Å². The van der Waals surface area contributed by atoms with Gasteiger partial charge in [0, 0.05) is 23.6 Å². The second kappa shape index (κ2) is 8.19. The molecule has 2 atom stereocenters. The van der Waals surface area contributed by atoms with E-state index in [0.29, 0.717) is 26.9 Å². The first-order chi connectivity index (χ1) is 16.0. The van der Waals surface area contributed by atoms with E-state index >= 15 is 0 Å². The number of allylic oxidation sites excluding steroid dienone is 2. The molecule has 4 rings (SSSR count). The Morgan fingerprint density at radius 1 is 1.06 bits per heavy atom. The fraction of sp³-hybridized carbons (Fsp3) is 0.500. The summed E-state index contributed by atoms with van der Waals surface area (Å²) in [5, 5.41) is 0. The van der Waals surface area contributed by atoms with Gasteiger partial charge in [-0.1, -0.05) is 0 Å². The number of hydrogen-bond donors (Lipinski definition) is 0. The number of halogens is 3. The number of carbonyl (C=O) groups excluding carboxylic acids is 1. The monoisotopic (exact) mass is 503 g/mol. The molecule has 8 nitrogen and oxygen atoms in total. The van der Waals surface area contributed by atoms with Gasteiger partial charge in [-0.25, -0.2) is 8.42 Å². The van der Waals surface area contributed by atoms with Crippen molar-refractivity contribution in [1.82, 2.24) is 4.31 Å². The first kappa shape index (κ1) is 24.4. The van der Waals surface area contributed by atoms with Gasteiger partial charge in [0.25, 0.3) is 0 Å². The fourth-order valence-corrected chi connectivity index (χ4v) is 6.49. The number of nitrogens with zero attached hydrogens (tertiary/aromatic N) is 1. The summed E-state index contributed by atoms with van der Waals surface area (Å²) >= 11 is 0. The number of sulfonamides is 1. The van der Waals surface area contributed by atoms with Gasteiger partial charge >= 0.3 is 15.5 Å². The molecule has 0 radical (unpaired) electrons. The maximum absolute atomic E-state index is 13.5. The number of piperidine rings is 1. The lowest BCUT2D eigenvalue weighted by molar-refractivity contribution is -0.114. The van der Waals surface area contributed by atoms with Crippen LogP contribution < -0.4 is 14.2 Å². The molecule has 0 N–H and O–H groups in total. The van der Waals surface area contributed by atoms with Crippen LogP contribution in [0.15, 0.2) is 29.6 Å². The average molecular weight is 503 g/mol. The van der Waals surface area contributed by atoms with Crippen molar-refractivity contribution in [2.45, 2.75) is 36.2 Å². The summed E-state index contributed by atoms with van der Waals surface area (Å²) in [5.74, 6) is 0.410. The average Bonchev–Trinajstić information content (AvgIpc) is 2.87. The number of carbonyl (C=O) groups is 1. The van der Waals surface area contributed by atoms with Crippen molar-refractivity contribution in [2.24, 2.45) is 0 Å². The minimum Gasteiger partial charge on any atom is -0.493 e. The molecule has 186 valence electrons. The summed E-state index contributed by atoms with van der Waals surface area (Å²) in [6.07, 6.45) is 2.94. The van der Waals surface area contributed by atoms with E-state index in [2.05, 4.69) is 0 Å². The molecular weight excluding hydrogens is 479 g/mol. The zero-order valence-corrected chi connectivity index (χ0v) is 19.8. The van der Waals surface area contributed by atoms with E-state index in [4.69, 9.17) is 18.9 Å². The van der Waals surface area contributed by atoms with Crippen LogP contribution in [-0.4, -0.2) is 65.0 Å². The molecule has 1 saturated heterocycles. The zero-order chi connectivity index (χ0) is 25.1. The smallest absolute Gasteiger partial charge is 0.493 e. The summed E-state index contributed by atoms with van der Waals surface area (Å²) in [5.41, 5.74) is -5.08. The molecule has 1 aromatic carbocycles. The normalized spacial score (nSPS) is 24.8. The Morgan fingerprint density at radius 2 is 1.74 bits per heavy atom. The SMILES string of the molecule is COC1=C[C@@]23CCN(S(=O)(=O)C(F)(F)F)[C@@H](CCc4cc(OC)c(OC)c(OC)c42)C3=CC1=O. The summed E-state index contributed by atoms with van der Waals surface area (Å²) in [4.78, 5) is 12.7. The van der Waals surface area contributed by atoms with Crippen molar-refractivity contribution < 1.29 is 45.3 Å². The standard InChI is InChI=1S/C22H24F3NO7S/c1-30-16-9-12-5-6-14-13-10-15(27)17(31-2)11-21(13,18(12)20(33-4)19(16)32-3)7-8-26(14)34(28,29)22(23,24)25/h9-11,14H,5-8H2,1-4H3/t14-,21+/m0/s1. The highest BCUT2D eigenvalue weighted by Crippen LogP contribution is 2.57. The van der Waals surface area contributed by atoms with Gasteiger partial charge in [-0.2, -0.15) is 17.5 Å². The Bertz CT molecular complexity index is 1210. The zero-order valence-electron chi connectivity index (χ0n) is 19.0. The van der Waals surface area contributed by atoms with Crippen LogP contribution in [0, 0.1) is 0 Å². The number of rotatable bonds is 5. The van der Waals surface area contributed by atoms with Crippen molar-refractivity contribution in [3.63, 3.8) is 0 Å². The lowest BCUT2D eigenvalue weighted by Gasteiger charge is -2.47. The Morgan fingerprint density at radius 3 is 2.29 bits per heavy atom. The number of benzene rings is 1. The van der Waals surface area contributed by atoms with Gasteiger partial charge in [0.2, 0.25) is 11.5 Å². The number of aryl methyl sites for hydroxylation is 1. The van der Waals surface area contributed by atoms with Crippen LogP contribution >= 0.6 is 0 Å². The lowest BCUT2D eigenvalue weighted by atomic mass is 9.64. The van der Waals surface area contributed by atoms with Crippen molar-refractivity contribution in [1.29, 1.82) is 0 Å². The third-order valence-electron chi connectivity index (χ3n) is 6.72. The summed E-state index contributed by atoms with van der Waals surface area (Å²) in [6, 6.07) is 0.524. The van der Waals surface area contributed by atoms with Gasteiger partial charge in [0.05, 0.1) is 28.4 Å². The van der Waals surface area contributed by atoms with Gasteiger partial charge in [0.1, 0.15) is 0 Å². The quantitative estimate of drug-likeness (QED) is 0.610. The molecule has 0 saturated carbocycles. The largest absolute Gasteiger partial charge is 0.511 e. The molecule has 2 aliphatic carbocycles. The summed E-state index contributed by atoms with van der Waals surface area (Å²) in [6.45, 7) is -0.414. The number of fused-ring (bicyclic) bond motifs is 1. The van der Waals surface area contributed by atoms with Crippen LogP contribution in [-0.2, 0) is 31.4 Å². The second-order valence-electron chi connectivity index (χ2n) is 8.19. The number of methoxy groups -OCH3 is 4. The number of ketones is 1. The number of ether oxygens (including phenoxy) is 4. The van der Waals surface area contributed by atoms with E-state index in [0.717, 1.165) is 0 Å². The predicted octanol–water partition coefficient (Wildman–Crippen LogP) is 2.86. The molecule has 0 unspecified atom stereocenters. The summed E-state index contributed by atoms with van der Waals surface area (Å²) < 4.78 is 88.0. The molecule has 34 heavy (non-hydrogen) atoms. The topological polar surface area (TPSA) is 91.4 Å². The van der Waals surface area contributed by atoms with Crippen molar-refractivity contribution in [3.8, 4) is 17.2 Å². The molecule has 12 heteroatoms. The van der Waals surface area contributed by atoms with E-state index in [-0.39, 0.29) is 36.3 Å². The number of alkyl halides is 3. The van der Waals surface area contributed by atoms with Crippen LogP contribution in [0.25, 0.3) is 0 Å². The third kappa shape index (κ3) is 3.29. The molecule has 1 aromatic rings. The first-order valence-electron chi connectivity index (χ1n) is 10.4. The van der Waals surface area contributed by atoms with Crippen molar-refractivity contribution in [2.75, 3.05) is 35.0 Å². The van der Waals surface area contributed by atoms with Crippen LogP contribution in [0.1, 0.15) is 24.0 Å². The van der Waals surface area contributed by atoms with E-state index in [1.165, 1.54) is 34.5 Å². The predicted molar refractivity (Wildman–Crippen MR) is 114 cm³/mol.